The fraction of sp³-hybridized carbons (Fsp3) is 0.417. The van der Waals surface area contributed by atoms with Crippen molar-refractivity contribution in [1.29, 1.82) is 0 Å². The van der Waals surface area contributed by atoms with Crippen molar-refractivity contribution in [2.45, 2.75) is 31.6 Å². The number of carbonyl (C=O) groups excluding carboxylic acids is 1. The predicted molar refractivity (Wildman–Crippen MR) is 67.5 cm³/mol. The zero-order chi connectivity index (χ0) is 12.4. The summed E-state index contributed by atoms with van der Waals surface area (Å²) in [6.45, 7) is 0. The van der Waals surface area contributed by atoms with Crippen LogP contribution in [-0.2, 0) is 11.2 Å². The van der Waals surface area contributed by atoms with E-state index in [0.29, 0.717) is 23.9 Å². The SMILES string of the molecule is O=C(CCc1ccco1)Nc1nnc(C2CC2)s1. The minimum atomic E-state index is -0.0510. The van der Waals surface area contributed by atoms with Crippen LogP contribution in [0.15, 0.2) is 22.8 Å². The van der Waals surface area contributed by atoms with Gasteiger partial charge in [0.05, 0.1) is 6.26 Å². The van der Waals surface area contributed by atoms with Gasteiger partial charge in [-0.05, 0) is 25.0 Å². The Morgan fingerprint density at radius 3 is 3.11 bits per heavy atom. The van der Waals surface area contributed by atoms with E-state index < -0.39 is 0 Å². The zero-order valence-corrected chi connectivity index (χ0v) is 10.6. The molecule has 1 aliphatic carbocycles. The van der Waals surface area contributed by atoms with Crippen LogP contribution in [-0.4, -0.2) is 16.1 Å². The van der Waals surface area contributed by atoms with Crippen LogP contribution in [0, 0.1) is 0 Å². The van der Waals surface area contributed by atoms with E-state index in [2.05, 4.69) is 15.5 Å². The Kier molecular flexibility index (Phi) is 3.10. The molecule has 0 saturated heterocycles. The highest BCUT2D eigenvalue weighted by Crippen LogP contribution is 2.42. The number of hydrogen-bond donors (Lipinski definition) is 1. The lowest BCUT2D eigenvalue weighted by atomic mass is 10.2. The monoisotopic (exact) mass is 263 g/mol. The normalized spacial score (nSPS) is 14.7. The lowest BCUT2D eigenvalue weighted by molar-refractivity contribution is -0.116. The first-order valence-electron chi connectivity index (χ1n) is 5.97. The predicted octanol–water partition coefficient (Wildman–Crippen LogP) is 2.58. The molecule has 6 heteroatoms. The Morgan fingerprint density at radius 2 is 2.39 bits per heavy atom. The molecule has 0 bridgehead atoms. The van der Waals surface area contributed by atoms with E-state index in [1.54, 1.807) is 6.26 Å². The second-order valence-electron chi connectivity index (χ2n) is 4.35. The van der Waals surface area contributed by atoms with E-state index in [-0.39, 0.29) is 5.91 Å². The van der Waals surface area contributed by atoms with E-state index in [0.717, 1.165) is 10.8 Å². The Hall–Kier alpha value is -1.69. The molecule has 1 aliphatic rings. The molecule has 0 aliphatic heterocycles. The molecule has 1 fully saturated rings. The molecular weight excluding hydrogens is 250 g/mol. The molecule has 0 aromatic carbocycles. The van der Waals surface area contributed by atoms with Crippen LogP contribution in [0.4, 0.5) is 5.13 Å². The molecule has 5 nitrogen and oxygen atoms in total. The van der Waals surface area contributed by atoms with Crippen molar-refractivity contribution in [2.24, 2.45) is 0 Å². The molecule has 1 N–H and O–H groups in total. The van der Waals surface area contributed by atoms with Crippen LogP contribution in [0.3, 0.4) is 0 Å². The molecule has 94 valence electrons. The van der Waals surface area contributed by atoms with Crippen molar-refractivity contribution >= 4 is 22.4 Å². The second-order valence-corrected chi connectivity index (χ2v) is 5.36. The number of nitrogens with one attached hydrogen (secondary N) is 1. The Morgan fingerprint density at radius 1 is 1.50 bits per heavy atom. The smallest absolute Gasteiger partial charge is 0.226 e. The summed E-state index contributed by atoms with van der Waals surface area (Å²) < 4.78 is 5.17. The summed E-state index contributed by atoms with van der Waals surface area (Å²) in [5, 5.41) is 12.5. The molecule has 1 amide bonds. The van der Waals surface area contributed by atoms with Gasteiger partial charge in [-0.3, -0.25) is 4.79 Å². The first-order chi connectivity index (χ1) is 8.81. The van der Waals surface area contributed by atoms with Gasteiger partial charge in [0.2, 0.25) is 11.0 Å². The summed E-state index contributed by atoms with van der Waals surface area (Å²) in [4.78, 5) is 11.7. The number of nitrogens with zero attached hydrogens (tertiary/aromatic N) is 2. The highest BCUT2D eigenvalue weighted by atomic mass is 32.1. The van der Waals surface area contributed by atoms with Gasteiger partial charge in [0.25, 0.3) is 0 Å². The van der Waals surface area contributed by atoms with Gasteiger partial charge in [0, 0.05) is 18.8 Å². The van der Waals surface area contributed by atoms with Crippen molar-refractivity contribution in [1.82, 2.24) is 10.2 Å². The summed E-state index contributed by atoms with van der Waals surface area (Å²) >= 11 is 1.48. The molecule has 0 unspecified atom stereocenters. The number of aryl methyl sites for hydroxylation is 1. The molecule has 0 spiro atoms. The maximum absolute atomic E-state index is 11.7. The molecule has 3 rings (SSSR count). The zero-order valence-electron chi connectivity index (χ0n) is 9.76. The van der Waals surface area contributed by atoms with E-state index in [1.165, 1.54) is 24.2 Å². The van der Waals surface area contributed by atoms with E-state index in [9.17, 15) is 4.79 Å². The third-order valence-corrected chi connectivity index (χ3v) is 3.79. The van der Waals surface area contributed by atoms with Crippen molar-refractivity contribution in [3.8, 4) is 0 Å². The van der Waals surface area contributed by atoms with Gasteiger partial charge >= 0.3 is 0 Å². The van der Waals surface area contributed by atoms with Crippen molar-refractivity contribution in [2.75, 3.05) is 5.32 Å². The van der Waals surface area contributed by atoms with Crippen LogP contribution in [0.2, 0.25) is 0 Å². The van der Waals surface area contributed by atoms with Gasteiger partial charge in [0.15, 0.2) is 0 Å². The largest absolute Gasteiger partial charge is 0.469 e. The summed E-state index contributed by atoms with van der Waals surface area (Å²) in [7, 11) is 0. The maximum atomic E-state index is 11.7. The first-order valence-corrected chi connectivity index (χ1v) is 6.78. The minimum absolute atomic E-state index is 0.0510. The van der Waals surface area contributed by atoms with Gasteiger partial charge in [-0.15, -0.1) is 10.2 Å². The van der Waals surface area contributed by atoms with Crippen LogP contribution in [0.25, 0.3) is 0 Å². The van der Waals surface area contributed by atoms with Crippen LogP contribution in [0.1, 0.15) is 35.9 Å². The topological polar surface area (TPSA) is 68.0 Å². The summed E-state index contributed by atoms with van der Waals surface area (Å²) in [6.07, 6.45) is 5.00. The molecule has 18 heavy (non-hydrogen) atoms. The number of hydrogen-bond acceptors (Lipinski definition) is 5. The highest BCUT2D eigenvalue weighted by Gasteiger charge is 2.27. The molecule has 2 aromatic heterocycles. The number of anilines is 1. The number of aromatic nitrogens is 2. The van der Waals surface area contributed by atoms with Gasteiger partial charge in [-0.2, -0.15) is 0 Å². The van der Waals surface area contributed by atoms with Gasteiger partial charge < -0.3 is 9.73 Å². The fourth-order valence-electron chi connectivity index (χ4n) is 1.65. The molecule has 1 saturated carbocycles. The molecule has 2 heterocycles. The van der Waals surface area contributed by atoms with Crippen LogP contribution in [0.5, 0.6) is 0 Å². The Balaban J connectivity index is 1.50. The Bertz CT molecular complexity index is 531. The summed E-state index contributed by atoms with van der Waals surface area (Å²) in [6, 6.07) is 3.68. The molecule has 0 atom stereocenters. The quantitative estimate of drug-likeness (QED) is 0.900. The van der Waals surface area contributed by atoms with E-state index >= 15 is 0 Å². The number of amides is 1. The standard InChI is InChI=1S/C12H13N3O2S/c16-10(6-5-9-2-1-7-17-9)13-12-15-14-11(18-12)8-3-4-8/h1-2,7-8H,3-6H2,(H,13,15,16). The first kappa shape index (κ1) is 11.4. The van der Waals surface area contributed by atoms with Crippen molar-refractivity contribution < 1.29 is 9.21 Å². The Labute approximate surface area is 108 Å². The summed E-state index contributed by atoms with van der Waals surface area (Å²) in [5.41, 5.74) is 0. The molecule has 0 radical (unpaired) electrons. The van der Waals surface area contributed by atoms with Crippen LogP contribution >= 0.6 is 11.3 Å². The average molecular weight is 263 g/mol. The molecule has 2 aromatic rings. The van der Waals surface area contributed by atoms with E-state index in [1.807, 2.05) is 12.1 Å². The van der Waals surface area contributed by atoms with Crippen molar-refractivity contribution in [3.05, 3.63) is 29.2 Å². The molecular formula is C12H13N3O2S. The van der Waals surface area contributed by atoms with Gasteiger partial charge in [-0.1, -0.05) is 11.3 Å². The maximum Gasteiger partial charge on any atom is 0.226 e. The van der Waals surface area contributed by atoms with E-state index in [4.69, 9.17) is 4.42 Å². The third-order valence-electron chi connectivity index (χ3n) is 2.79. The van der Waals surface area contributed by atoms with Gasteiger partial charge in [0.1, 0.15) is 10.8 Å². The van der Waals surface area contributed by atoms with Crippen LogP contribution < -0.4 is 5.32 Å². The van der Waals surface area contributed by atoms with Gasteiger partial charge in [-0.25, -0.2) is 0 Å². The van der Waals surface area contributed by atoms with Crippen molar-refractivity contribution in [3.63, 3.8) is 0 Å². The third kappa shape index (κ3) is 2.76. The average Bonchev–Trinajstić information content (AvgIpc) is 2.90. The minimum Gasteiger partial charge on any atom is -0.469 e. The highest BCUT2D eigenvalue weighted by molar-refractivity contribution is 7.15. The number of furan rings is 1. The number of rotatable bonds is 5. The second kappa shape index (κ2) is 4.89. The lowest BCUT2D eigenvalue weighted by Crippen LogP contribution is -2.11. The number of carbonyl (C=O) groups is 1. The summed E-state index contributed by atoms with van der Waals surface area (Å²) in [5.74, 6) is 1.35. The fourth-order valence-corrected chi connectivity index (χ4v) is 2.58. The lowest BCUT2D eigenvalue weighted by Gasteiger charge is -1.98.